The zero-order valence-corrected chi connectivity index (χ0v) is 14.6. The summed E-state index contributed by atoms with van der Waals surface area (Å²) in [6.45, 7) is 6.38. The monoisotopic (exact) mass is 327 g/mol. The molecule has 0 atom stereocenters. The van der Waals surface area contributed by atoms with E-state index in [1.807, 2.05) is 23.9 Å². The van der Waals surface area contributed by atoms with Gasteiger partial charge in [0, 0.05) is 42.4 Å². The third-order valence-electron chi connectivity index (χ3n) is 3.84. The van der Waals surface area contributed by atoms with E-state index in [0.29, 0.717) is 5.92 Å². The zero-order valence-electron chi connectivity index (χ0n) is 13.8. The first-order chi connectivity index (χ1) is 11.0. The Labute approximate surface area is 142 Å². The third-order valence-corrected chi connectivity index (χ3v) is 4.09. The van der Waals surface area contributed by atoms with Gasteiger partial charge in [-0.1, -0.05) is 37.6 Å². The van der Waals surface area contributed by atoms with E-state index >= 15 is 0 Å². The van der Waals surface area contributed by atoms with Gasteiger partial charge in [-0.25, -0.2) is 0 Å². The number of rotatable bonds is 5. The fraction of sp³-hybridized carbons (Fsp3) is 0.316. The lowest BCUT2D eigenvalue weighted by Crippen LogP contribution is -2.27. The SMILES string of the molecule is CC(C)CN(Cc1ccc(Cl)cc1)c1ccc2nn(C)cc2c1. The molecule has 0 bridgehead atoms. The van der Waals surface area contributed by atoms with Gasteiger partial charge in [0.25, 0.3) is 0 Å². The number of hydrogen-bond acceptors (Lipinski definition) is 2. The molecule has 0 saturated heterocycles. The second kappa shape index (κ2) is 6.63. The summed E-state index contributed by atoms with van der Waals surface area (Å²) in [4.78, 5) is 2.42. The first-order valence-electron chi connectivity index (χ1n) is 7.94. The standard InChI is InChI=1S/C19H22ClN3/c1-14(2)11-23(12-15-4-6-17(20)7-5-15)18-8-9-19-16(10-18)13-22(3)21-19/h4-10,13-14H,11-12H2,1-3H3. The van der Waals surface area contributed by atoms with Crippen LogP contribution in [-0.2, 0) is 13.6 Å². The molecular weight excluding hydrogens is 306 g/mol. The maximum absolute atomic E-state index is 5.99. The lowest BCUT2D eigenvalue weighted by atomic mass is 10.1. The average molecular weight is 328 g/mol. The van der Waals surface area contributed by atoms with Crippen molar-refractivity contribution in [2.24, 2.45) is 13.0 Å². The predicted octanol–water partition coefficient (Wildman–Crippen LogP) is 4.89. The molecule has 0 aliphatic carbocycles. The molecule has 0 spiro atoms. The molecule has 0 fully saturated rings. The second-order valence-corrected chi connectivity index (χ2v) is 6.88. The Morgan fingerprint density at radius 3 is 2.57 bits per heavy atom. The van der Waals surface area contributed by atoms with Gasteiger partial charge < -0.3 is 4.90 Å². The Hall–Kier alpha value is -2.00. The van der Waals surface area contributed by atoms with E-state index in [0.717, 1.165) is 23.6 Å². The third kappa shape index (κ3) is 3.85. The van der Waals surface area contributed by atoms with E-state index in [-0.39, 0.29) is 0 Å². The van der Waals surface area contributed by atoms with Crippen LogP contribution in [0.3, 0.4) is 0 Å². The number of aromatic nitrogens is 2. The summed E-state index contributed by atoms with van der Waals surface area (Å²) in [7, 11) is 1.96. The van der Waals surface area contributed by atoms with Gasteiger partial charge in [-0.05, 0) is 41.8 Å². The Balaban J connectivity index is 1.91. The molecule has 3 aromatic rings. The van der Waals surface area contributed by atoms with Gasteiger partial charge in [0.05, 0.1) is 5.52 Å². The summed E-state index contributed by atoms with van der Waals surface area (Å²) >= 11 is 5.99. The summed E-state index contributed by atoms with van der Waals surface area (Å²) in [5.41, 5.74) is 3.53. The number of fused-ring (bicyclic) bond motifs is 1. The van der Waals surface area contributed by atoms with Crippen molar-refractivity contribution >= 4 is 28.2 Å². The number of nitrogens with zero attached hydrogens (tertiary/aromatic N) is 3. The van der Waals surface area contributed by atoms with Crippen LogP contribution >= 0.6 is 11.6 Å². The molecule has 0 radical (unpaired) electrons. The molecule has 3 nitrogen and oxygen atoms in total. The number of hydrogen-bond donors (Lipinski definition) is 0. The average Bonchev–Trinajstić information content (AvgIpc) is 2.87. The molecule has 1 aromatic heterocycles. The highest BCUT2D eigenvalue weighted by molar-refractivity contribution is 6.30. The molecule has 0 aliphatic heterocycles. The maximum atomic E-state index is 5.99. The highest BCUT2D eigenvalue weighted by atomic mass is 35.5. The van der Waals surface area contributed by atoms with Gasteiger partial charge in [0.2, 0.25) is 0 Å². The van der Waals surface area contributed by atoms with Crippen LogP contribution in [0.1, 0.15) is 19.4 Å². The van der Waals surface area contributed by atoms with E-state index < -0.39 is 0 Å². The van der Waals surface area contributed by atoms with Crippen molar-refractivity contribution in [3.63, 3.8) is 0 Å². The summed E-state index contributed by atoms with van der Waals surface area (Å²) in [6, 6.07) is 14.6. The minimum atomic E-state index is 0.590. The molecule has 2 aromatic carbocycles. The molecule has 1 heterocycles. The van der Waals surface area contributed by atoms with Crippen LogP contribution in [0.2, 0.25) is 5.02 Å². The molecule has 0 aliphatic rings. The topological polar surface area (TPSA) is 21.1 Å². The van der Waals surface area contributed by atoms with E-state index in [2.05, 4.69) is 60.4 Å². The van der Waals surface area contributed by atoms with Gasteiger partial charge >= 0.3 is 0 Å². The molecule has 0 amide bonds. The fourth-order valence-corrected chi connectivity index (χ4v) is 2.97. The number of halogens is 1. The second-order valence-electron chi connectivity index (χ2n) is 6.45. The molecular formula is C19H22ClN3. The van der Waals surface area contributed by atoms with Crippen molar-refractivity contribution < 1.29 is 0 Å². The summed E-state index contributed by atoms with van der Waals surface area (Å²) in [5, 5.41) is 6.41. The molecule has 3 rings (SSSR count). The molecule has 120 valence electrons. The van der Waals surface area contributed by atoms with Gasteiger partial charge in [-0.2, -0.15) is 5.10 Å². The van der Waals surface area contributed by atoms with Gasteiger partial charge in [-0.3, -0.25) is 4.68 Å². The lowest BCUT2D eigenvalue weighted by Gasteiger charge is -2.27. The van der Waals surface area contributed by atoms with Crippen molar-refractivity contribution in [2.75, 3.05) is 11.4 Å². The first-order valence-corrected chi connectivity index (χ1v) is 8.32. The van der Waals surface area contributed by atoms with E-state index in [1.165, 1.54) is 16.6 Å². The Bertz CT molecular complexity index is 790. The molecule has 23 heavy (non-hydrogen) atoms. The Morgan fingerprint density at radius 1 is 1.13 bits per heavy atom. The molecule has 0 N–H and O–H groups in total. The van der Waals surface area contributed by atoms with Crippen LogP contribution in [0, 0.1) is 5.92 Å². The van der Waals surface area contributed by atoms with E-state index in [1.54, 1.807) is 0 Å². The molecule has 4 heteroatoms. The smallest absolute Gasteiger partial charge is 0.0924 e. The van der Waals surface area contributed by atoms with Crippen LogP contribution in [0.15, 0.2) is 48.7 Å². The Morgan fingerprint density at radius 2 is 1.87 bits per heavy atom. The van der Waals surface area contributed by atoms with Crippen molar-refractivity contribution in [3.05, 3.63) is 59.2 Å². The lowest BCUT2D eigenvalue weighted by molar-refractivity contribution is 0.609. The van der Waals surface area contributed by atoms with E-state index in [4.69, 9.17) is 11.6 Å². The van der Waals surface area contributed by atoms with Crippen LogP contribution in [0.5, 0.6) is 0 Å². The molecule has 0 saturated carbocycles. The van der Waals surface area contributed by atoms with Gasteiger partial charge in [-0.15, -0.1) is 0 Å². The van der Waals surface area contributed by atoms with Crippen LogP contribution in [-0.4, -0.2) is 16.3 Å². The normalized spacial score (nSPS) is 11.3. The van der Waals surface area contributed by atoms with Crippen LogP contribution in [0.4, 0.5) is 5.69 Å². The van der Waals surface area contributed by atoms with Crippen molar-refractivity contribution in [1.29, 1.82) is 0 Å². The highest BCUT2D eigenvalue weighted by Crippen LogP contribution is 2.24. The molecule has 0 unspecified atom stereocenters. The van der Waals surface area contributed by atoms with Crippen molar-refractivity contribution in [2.45, 2.75) is 20.4 Å². The van der Waals surface area contributed by atoms with Crippen LogP contribution in [0.25, 0.3) is 10.9 Å². The minimum absolute atomic E-state index is 0.590. The Kier molecular flexibility index (Phi) is 4.58. The van der Waals surface area contributed by atoms with Gasteiger partial charge in [0.15, 0.2) is 0 Å². The minimum Gasteiger partial charge on any atom is -0.367 e. The van der Waals surface area contributed by atoms with Crippen LogP contribution < -0.4 is 4.90 Å². The summed E-state index contributed by atoms with van der Waals surface area (Å²) in [5.74, 6) is 0.590. The highest BCUT2D eigenvalue weighted by Gasteiger charge is 2.11. The van der Waals surface area contributed by atoms with Crippen molar-refractivity contribution in [3.8, 4) is 0 Å². The summed E-state index contributed by atoms with van der Waals surface area (Å²) < 4.78 is 1.86. The zero-order chi connectivity index (χ0) is 16.4. The fourth-order valence-electron chi connectivity index (χ4n) is 2.85. The van der Waals surface area contributed by atoms with Gasteiger partial charge in [0.1, 0.15) is 0 Å². The predicted molar refractivity (Wildman–Crippen MR) is 98.1 cm³/mol. The van der Waals surface area contributed by atoms with Crippen molar-refractivity contribution in [1.82, 2.24) is 9.78 Å². The maximum Gasteiger partial charge on any atom is 0.0924 e. The number of anilines is 1. The first kappa shape index (κ1) is 15.9. The number of aryl methyl sites for hydroxylation is 1. The quantitative estimate of drug-likeness (QED) is 0.665. The largest absolute Gasteiger partial charge is 0.367 e. The number of benzene rings is 2. The summed E-state index contributed by atoms with van der Waals surface area (Å²) in [6.07, 6.45) is 2.06. The van der Waals surface area contributed by atoms with E-state index in [9.17, 15) is 0 Å².